The van der Waals surface area contributed by atoms with E-state index in [1.54, 1.807) is 0 Å². The molecule has 53 heavy (non-hydrogen) atoms. The molecule has 0 N–H and O–H groups in total. The zero-order valence-corrected chi connectivity index (χ0v) is 28.5. The third-order valence-corrected chi connectivity index (χ3v) is 10.4. The van der Waals surface area contributed by atoms with Gasteiger partial charge in [-0.05, 0) is 83.6 Å². The summed E-state index contributed by atoms with van der Waals surface area (Å²) in [4.78, 5) is 2.27. The van der Waals surface area contributed by atoms with Crippen molar-refractivity contribution in [1.29, 1.82) is 10.5 Å². The monoisotopic (exact) mass is 675 g/mol. The number of benzene rings is 8. The average molecular weight is 676 g/mol. The number of nitrogens with zero attached hydrogens (tertiary/aromatic N) is 5. The summed E-state index contributed by atoms with van der Waals surface area (Å²) in [6.45, 7) is 0. The molecule has 0 spiro atoms. The van der Waals surface area contributed by atoms with E-state index in [4.69, 9.17) is 0 Å². The van der Waals surface area contributed by atoms with Crippen molar-refractivity contribution in [3.8, 4) is 23.5 Å². The van der Waals surface area contributed by atoms with Gasteiger partial charge in [0.15, 0.2) is 0 Å². The minimum absolute atomic E-state index is 0.332. The third-order valence-electron chi connectivity index (χ3n) is 10.4. The van der Waals surface area contributed by atoms with E-state index in [2.05, 4.69) is 154 Å². The first kappa shape index (κ1) is 30.2. The second-order valence-electron chi connectivity index (χ2n) is 13.2. The quantitative estimate of drug-likeness (QED) is 0.182. The van der Waals surface area contributed by atoms with Gasteiger partial charge in [0.25, 0.3) is 0 Å². The van der Waals surface area contributed by atoms with Gasteiger partial charge in [-0.1, -0.05) is 103 Å². The van der Waals surface area contributed by atoms with Crippen molar-refractivity contribution in [2.75, 3.05) is 4.90 Å². The van der Waals surface area contributed by atoms with Gasteiger partial charge in [-0.2, -0.15) is 10.5 Å². The van der Waals surface area contributed by atoms with Gasteiger partial charge in [0.1, 0.15) is 12.1 Å². The Labute approximate surface area is 305 Å². The molecule has 246 valence electrons. The highest BCUT2D eigenvalue weighted by molar-refractivity contribution is 6.22. The minimum Gasteiger partial charge on any atom is -0.310 e. The smallest absolute Gasteiger partial charge is 0.103 e. The van der Waals surface area contributed by atoms with Crippen LogP contribution in [0, 0.1) is 22.7 Å². The highest BCUT2D eigenvalue weighted by Crippen LogP contribution is 2.43. The van der Waals surface area contributed by atoms with E-state index in [0.717, 1.165) is 71.4 Å². The summed E-state index contributed by atoms with van der Waals surface area (Å²) < 4.78 is 4.27. The Kier molecular flexibility index (Phi) is 6.86. The van der Waals surface area contributed by atoms with E-state index in [1.165, 1.54) is 0 Å². The Balaban J connectivity index is 1.27. The molecule has 0 radical (unpaired) electrons. The van der Waals surface area contributed by atoms with E-state index in [-0.39, 0.29) is 0 Å². The first-order chi connectivity index (χ1) is 26.2. The molecule has 0 saturated heterocycles. The predicted octanol–water partition coefficient (Wildman–Crippen LogP) is 12.2. The second-order valence-corrected chi connectivity index (χ2v) is 13.2. The van der Waals surface area contributed by atoms with E-state index in [0.29, 0.717) is 22.5 Å². The summed E-state index contributed by atoms with van der Waals surface area (Å²) in [5.41, 5.74) is 9.02. The van der Waals surface area contributed by atoms with Gasteiger partial charge in [0.05, 0.1) is 44.6 Å². The lowest BCUT2D eigenvalue weighted by Gasteiger charge is -2.25. The van der Waals surface area contributed by atoms with Crippen LogP contribution in [0.2, 0.25) is 0 Å². The molecule has 0 aliphatic rings. The molecule has 10 aromatic rings. The van der Waals surface area contributed by atoms with Gasteiger partial charge in [-0.15, -0.1) is 0 Å². The summed E-state index contributed by atoms with van der Waals surface area (Å²) in [7, 11) is 0. The molecule has 5 heteroatoms. The number of fused-ring (bicyclic) bond motifs is 8. The van der Waals surface area contributed by atoms with E-state index < -0.39 is 0 Å². The molecule has 2 heterocycles. The molecular formula is C48H29N5. The number of hydrogen-bond donors (Lipinski definition) is 0. The van der Waals surface area contributed by atoms with Gasteiger partial charge in [-0.3, -0.25) is 0 Å². The summed E-state index contributed by atoms with van der Waals surface area (Å²) in [5.74, 6) is 0. The lowest BCUT2D eigenvalue weighted by atomic mass is 10.0. The van der Waals surface area contributed by atoms with E-state index >= 15 is 0 Å². The molecule has 0 unspecified atom stereocenters. The van der Waals surface area contributed by atoms with Crippen molar-refractivity contribution in [3.63, 3.8) is 0 Å². The first-order valence-corrected chi connectivity index (χ1v) is 17.6. The highest BCUT2D eigenvalue weighted by Gasteiger charge is 2.24. The van der Waals surface area contributed by atoms with Crippen molar-refractivity contribution in [3.05, 3.63) is 187 Å². The Bertz CT molecular complexity index is 3050. The van der Waals surface area contributed by atoms with Crippen LogP contribution in [0.1, 0.15) is 11.1 Å². The summed E-state index contributed by atoms with van der Waals surface area (Å²) in [6.07, 6.45) is 0. The molecular weight excluding hydrogens is 647 g/mol. The zero-order chi connectivity index (χ0) is 35.5. The van der Waals surface area contributed by atoms with Crippen LogP contribution in [-0.4, -0.2) is 9.13 Å². The fourth-order valence-electron chi connectivity index (χ4n) is 8.14. The number of nitriles is 2. The molecule has 0 saturated carbocycles. The van der Waals surface area contributed by atoms with Crippen molar-refractivity contribution in [2.24, 2.45) is 0 Å². The molecule has 2 aromatic heterocycles. The average Bonchev–Trinajstić information content (AvgIpc) is 3.74. The normalized spacial score (nSPS) is 11.4. The largest absolute Gasteiger partial charge is 0.310 e. The lowest BCUT2D eigenvalue weighted by molar-refractivity contribution is 1.12. The van der Waals surface area contributed by atoms with Crippen LogP contribution >= 0.6 is 0 Å². The van der Waals surface area contributed by atoms with Crippen molar-refractivity contribution in [1.82, 2.24) is 9.13 Å². The highest BCUT2D eigenvalue weighted by atomic mass is 15.1. The molecule has 0 aliphatic heterocycles. The first-order valence-electron chi connectivity index (χ1n) is 17.6. The van der Waals surface area contributed by atoms with Gasteiger partial charge in [0.2, 0.25) is 0 Å². The predicted molar refractivity (Wildman–Crippen MR) is 217 cm³/mol. The van der Waals surface area contributed by atoms with Crippen LogP contribution in [0.15, 0.2) is 176 Å². The van der Waals surface area contributed by atoms with Crippen molar-refractivity contribution >= 4 is 71.4 Å². The van der Waals surface area contributed by atoms with E-state index in [9.17, 15) is 10.5 Å². The Morgan fingerprint density at radius 3 is 1.43 bits per heavy atom. The standard InChI is InChI=1S/C48H29N5/c49-30-40-41(31-50)46(28-27-45(40)52-42-21-11-9-19-37(42)38-20-10-12-22-43(38)52)53-44-26-24-35(51(33-14-3-1-4-15-33)34-16-5-2-6-17-34)29-39(44)48-36-18-8-7-13-32(36)23-25-47(48)53/h1-29H. The van der Waals surface area contributed by atoms with Gasteiger partial charge in [-0.25, -0.2) is 0 Å². The maximum Gasteiger partial charge on any atom is 0.103 e. The van der Waals surface area contributed by atoms with Gasteiger partial charge >= 0.3 is 0 Å². The minimum atomic E-state index is 0.332. The van der Waals surface area contributed by atoms with Crippen molar-refractivity contribution in [2.45, 2.75) is 0 Å². The molecule has 0 atom stereocenters. The lowest BCUT2D eigenvalue weighted by Crippen LogP contribution is -2.09. The van der Waals surface area contributed by atoms with Crippen LogP contribution in [0.4, 0.5) is 17.1 Å². The van der Waals surface area contributed by atoms with Crippen LogP contribution < -0.4 is 4.90 Å². The molecule has 8 aromatic carbocycles. The van der Waals surface area contributed by atoms with Gasteiger partial charge < -0.3 is 14.0 Å². The number of rotatable bonds is 5. The van der Waals surface area contributed by atoms with Crippen LogP contribution in [0.3, 0.4) is 0 Å². The summed E-state index contributed by atoms with van der Waals surface area (Å²) in [5, 5.41) is 28.4. The summed E-state index contributed by atoms with van der Waals surface area (Å²) in [6, 6.07) is 65.4. The molecule has 0 bridgehead atoms. The Hall–Kier alpha value is -7.60. The van der Waals surface area contributed by atoms with Crippen molar-refractivity contribution < 1.29 is 0 Å². The topological polar surface area (TPSA) is 60.7 Å². The number of para-hydroxylation sites is 4. The third kappa shape index (κ3) is 4.55. The van der Waals surface area contributed by atoms with Crippen LogP contribution in [0.25, 0.3) is 65.8 Å². The SMILES string of the molecule is N#Cc1c(-n2c3ccccc3c3ccccc32)ccc(-n2c3ccc(N(c4ccccc4)c4ccccc4)cc3c3c4ccccc4ccc32)c1C#N. The second kappa shape index (κ2) is 12.0. The van der Waals surface area contributed by atoms with Gasteiger partial charge in [0, 0.05) is 38.6 Å². The molecule has 10 rings (SSSR count). The van der Waals surface area contributed by atoms with Crippen LogP contribution in [0.5, 0.6) is 0 Å². The fraction of sp³-hybridized carbons (Fsp3) is 0. The number of anilines is 3. The molecule has 0 amide bonds. The molecule has 0 aliphatic carbocycles. The molecule has 5 nitrogen and oxygen atoms in total. The number of hydrogen-bond acceptors (Lipinski definition) is 3. The Morgan fingerprint density at radius 2 is 0.849 bits per heavy atom. The maximum atomic E-state index is 10.9. The summed E-state index contributed by atoms with van der Waals surface area (Å²) >= 11 is 0. The zero-order valence-electron chi connectivity index (χ0n) is 28.5. The molecule has 0 fully saturated rings. The van der Waals surface area contributed by atoms with E-state index in [1.807, 2.05) is 48.5 Å². The Morgan fingerprint density at radius 1 is 0.377 bits per heavy atom. The maximum absolute atomic E-state index is 10.9. The van der Waals surface area contributed by atoms with Crippen LogP contribution in [-0.2, 0) is 0 Å². The number of aromatic nitrogens is 2. The fourth-order valence-corrected chi connectivity index (χ4v) is 8.14.